The second-order valence-electron chi connectivity index (χ2n) is 7.62. The van der Waals surface area contributed by atoms with Crippen LogP contribution in [-0.4, -0.2) is 79.9 Å². The molecule has 2 aliphatic rings. The van der Waals surface area contributed by atoms with Gasteiger partial charge in [0.05, 0.1) is 19.8 Å². The molecule has 3 heterocycles. The standard InChI is InChI=1S/C20H33FN6O.HI/c1-4-22-20(24-12-15(2)27-10-11-28-14-16(27)3)25-17-7-9-26(13-17)19-18(21)6-5-8-23-19;/h5-6,8,15-17H,4,7,9-14H2,1-3H3,(H2,22,24,25);1H. The van der Waals surface area contributed by atoms with Crippen LogP contribution >= 0.6 is 24.0 Å². The summed E-state index contributed by atoms with van der Waals surface area (Å²) in [5.74, 6) is 0.990. The van der Waals surface area contributed by atoms with Gasteiger partial charge in [-0.15, -0.1) is 24.0 Å². The third-order valence-electron chi connectivity index (χ3n) is 5.41. The Bertz CT molecular complexity index is 664. The molecule has 0 aliphatic carbocycles. The van der Waals surface area contributed by atoms with Crippen LogP contribution in [0, 0.1) is 5.82 Å². The lowest BCUT2D eigenvalue weighted by Gasteiger charge is -2.37. The lowest BCUT2D eigenvalue weighted by atomic mass is 10.2. The second kappa shape index (κ2) is 11.8. The summed E-state index contributed by atoms with van der Waals surface area (Å²) in [5, 5.41) is 6.84. The molecule has 0 amide bonds. The first-order valence-corrected chi connectivity index (χ1v) is 10.3. The van der Waals surface area contributed by atoms with Crippen LogP contribution in [0.5, 0.6) is 0 Å². The quantitative estimate of drug-likeness (QED) is 0.341. The molecular formula is C20H34FIN6O. The number of aliphatic imine (C=N–C) groups is 1. The number of hydrogen-bond donors (Lipinski definition) is 2. The largest absolute Gasteiger partial charge is 0.379 e. The number of rotatable bonds is 6. The molecule has 0 spiro atoms. The predicted molar refractivity (Wildman–Crippen MR) is 126 cm³/mol. The van der Waals surface area contributed by atoms with E-state index in [0.717, 1.165) is 51.8 Å². The lowest BCUT2D eigenvalue weighted by Crippen LogP contribution is -2.50. The number of hydrogen-bond acceptors (Lipinski definition) is 5. The monoisotopic (exact) mass is 520 g/mol. The Balaban J connectivity index is 0.00000300. The third kappa shape index (κ3) is 6.65. The first-order valence-electron chi connectivity index (χ1n) is 10.3. The number of guanidine groups is 1. The molecule has 164 valence electrons. The van der Waals surface area contributed by atoms with Gasteiger partial charge in [0.15, 0.2) is 17.6 Å². The molecule has 2 saturated heterocycles. The van der Waals surface area contributed by atoms with Crippen molar-refractivity contribution in [1.82, 2.24) is 20.5 Å². The van der Waals surface area contributed by atoms with Gasteiger partial charge in [0.1, 0.15) is 0 Å². The fourth-order valence-electron chi connectivity index (χ4n) is 3.92. The number of ether oxygens (including phenoxy) is 1. The topological polar surface area (TPSA) is 65.0 Å². The van der Waals surface area contributed by atoms with Gasteiger partial charge >= 0.3 is 0 Å². The van der Waals surface area contributed by atoms with E-state index in [1.807, 2.05) is 4.90 Å². The Labute approximate surface area is 190 Å². The summed E-state index contributed by atoms with van der Waals surface area (Å²) in [6.07, 6.45) is 2.56. The van der Waals surface area contributed by atoms with Gasteiger partial charge in [-0.05, 0) is 39.3 Å². The van der Waals surface area contributed by atoms with E-state index in [1.165, 1.54) is 6.07 Å². The molecule has 0 bridgehead atoms. The van der Waals surface area contributed by atoms with E-state index in [1.54, 1.807) is 12.3 Å². The number of aromatic nitrogens is 1. The van der Waals surface area contributed by atoms with Gasteiger partial charge in [-0.2, -0.15) is 0 Å². The molecule has 1 aromatic heterocycles. The number of halogens is 2. The Kier molecular flexibility index (Phi) is 9.84. The molecule has 2 fully saturated rings. The molecule has 7 nitrogen and oxygen atoms in total. The SMILES string of the molecule is CCNC(=NCC(C)N1CCOCC1C)NC1CCN(c2ncccc2F)C1.I. The minimum Gasteiger partial charge on any atom is -0.379 e. The fraction of sp³-hybridized carbons (Fsp3) is 0.700. The summed E-state index contributed by atoms with van der Waals surface area (Å²) in [6, 6.07) is 4.08. The van der Waals surface area contributed by atoms with Gasteiger partial charge in [0, 0.05) is 50.5 Å². The average molecular weight is 520 g/mol. The van der Waals surface area contributed by atoms with E-state index in [4.69, 9.17) is 9.73 Å². The van der Waals surface area contributed by atoms with Crippen molar-refractivity contribution in [1.29, 1.82) is 0 Å². The Morgan fingerprint density at radius 2 is 2.28 bits per heavy atom. The van der Waals surface area contributed by atoms with Gasteiger partial charge in [-0.25, -0.2) is 9.37 Å². The molecule has 0 aromatic carbocycles. The lowest BCUT2D eigenvalue weighted by molar-refractivity contribution is -0.0165. The van der Waals surface area contributed by atoms with Crippen LogP contribution in [-0.2, 0) is 4.74 Å². The van der Waals surface area contributed by atoms with E-state index in [0.29, 0.717) is 24.4 Å². The summed E-state index contributed by atoms with van der Waals surface area (Å²) >= 11 is 0. The normalized spacial score (nSPS) is 24.1. The first-order chi connectivity index (χ1) is 13.6. The first kappa shape index (κ1) is 24.1. The van der Waals surface area contributed by atoms with Crippen LogP contribution in [0.3, 0.4) is 0 Å². The Morgan fingerprint density at radius 3 is 3.00 bits per heavy atom. The summed E-state index contributed by atoms with van der Waals surface area (Å²) < 4.78 is 19.5. The Hall–Kier alpha value is -1.20. The van der Waals surface area contributed by atoms with Gasteiger partial charge in [-0.3, -0.25) is 9.89 Å². The van der Waals surface area contributed by atoms with Crippen molar-refractivity contribution in [3.8, 4) is 0 Å². The molecule has 3 rings (SSSR count). The molecule has 2 aliphatic heterocycles. The van der Waals surface area contributed by atoms with Crippen LogP contribution < -0.4 is 15.5 Å². The van der Waals surface area contributed by atoms with Crippen molar-refractivity contribution >= 4 is 35.8 Å². The summed E-state index contributed by atoms with van der Waals surface area (Å²) in [6.45, 7) is 12.0. The van der Waals surface area contributed by atoms with Gasteiger partial charge in [0.2, 0.25) is 0 Å². The van der Waals surface area contributed by atoms with E-state index in [9.17, 15) is 4.39 Å². The number of anilines is 1. The summed E-state index contributed by atoms with van der Waals surface area (Å²) in [5.41, 5.74) is 0. The van der Waals surface area contributed by atoms with Crippen LogP contribution in [0.25, 0.3) is 0 Å². The zero-order chi connectivity index (χ0) is 19.9. The fourth-order valence-corrected chi connectivity index (χ4v) is 3.92. The van der Waals surface area contributed by atoms with Crippen LogP contribution in [0.15, 0.2) is 23.3 Å². The highest BCUT2D eigenvalue weighted by Crippen LogP contribution is 2.20. The zero-order valence-electron chi connectivity index (χ0n) is 17.6. The molecule has 0 saturated carbocycles. The van der Waals surface area contributed by atoms with Crippen molar-refractivity contribution < 1.29 is 9.13 Å². The molecule has 0 radical (unpaired) electrons. The number of nitrogens with zero attached hydrogens (tertiary/aromatic N) is 4. The van der Waals surface area contributed by atoms with Crippen molar-refractivity contribution in [2.75, 3.05) is 50.8 Å². The zero-order valence-corrected chi connectivity index (χ0v) is 19.9. The maximum absolute atomic E-state index is 14.0. The number of pyridine rings is 1. The maximum atomic E-state index is 14.0. The third-order valence-corrected chi connectivity index (χ3v) is 5.41. The predicted octanol–water partition coefficient (Wildman–Crippen LogP) is 2.08. The Morgan fingerprint density at radius 1 is 1.45 bits per heavy atom. The van der Waals surface area contributed by atoms with Crippen molar-refractivity contribution in [2.45, 2.75) is 45.3 Å². The molecule has 9 heteroatoms. The van der Waals surface area contributed by atoms with Crippen LogP contribution in [0.1, 0.15) is 27.2 Å². The van der Waals surface area contributed by atoms with Gasteiger partial charge < -0.3 is 20.3 Å². The van der Waals surface area contributed by atoms with Crippen molar-refractivity contribution in [2.24, 2.45) is 4.99 Å². The molecule has 3 unspecified atom stereocenters. The number of morpholine rings is 1. The minimum absolute atomic E-state index is 0. The highest BCUT2D eigenvalue weighted by atomic mass is 127. The maximum Gasteiger partial charge on any atom is 0.191 e. The average Bonchev–Trinajstić information content (AvgIpc) is 3.15. The van der Waals surface area contributed by atoms with E-state index < -0.39 is 0 Å². The van der Waals surface area contributed by atoms with Crippen molar-refractivity contribution in [3.05, 3.63) is 24.1 Å². The molecule has 2 N–H and O–H groups in total. The van der Waals surface area contributed by atoms with E-state index >= 15 is 0 Å². The summed E-state index contributed by atoms with van der Waals surface area (Å²) in [7, 11) is 0. The van der Waals surface area contributed by atoms with Gasteiger partial charge in [0.25, 0.3) is 0 Å². The van der Waals surface area contributed by atoms with Crippen LogP contribution in [0.2, 0.25) is 0 Å². The van der Waals surface area contributed by atoms with E-state index in [2.05, 4.69) is 41.3 Å². The molecule has 1 aromatic rings. The second-order valence-corrected chi connectivity index (χ2v) is 7.62. The van der Waals surface area contributed by atoms with Crippen molar-refractivity contribution in [3.63, 3.8) is 0 Å². The highest BCUT2D eigenvalue weighted by molar-refractivity contribution is 14.0. The highest BCUT2D eigenvalue weighted by Gasteiger charge is 2.26. The molecule has 29 heavy (non-hydrogen) atoms. The molecule has 3 atom stereocenters. The van der Waals surface area contributed by atoms with Crippen LogP contribution in [0.4, 0.5) is 10.2 Å². The summed E-state index contributed by atoms with van der Waals surface area (Å²) in [4.78, 5) is 13.4. The number of nitrogens with one attached hydrogen (secondary N) is 2. The van der Waals surface area contributed by atoms with E-state index in [-0.39, 0.29) is 35.8 Å². The smallest absolute Gasteiger partial charge is 0.191 e. The minimum atomic E-state index is -0.267. The van der Waals surface area contributed by atoms with Gasteiger partial charge in [-0.1, -0.05) is 0 Å². The molecular weight excluding hydrogens is 486 g/mol.